The molecular weight excluding hydrogens is 326 g/mol. The van der Waals surface area contributed by atoms with Crippen molar-refractivity contribution < 1.29 is 9.53 Å². The van der Waals surface area contributed by atoms with Gasteiger partial charge >= 0.3 is 0 Å². The fourth-order valence-corrected chi connectivity index (χ4v) is 3.42. The molecule has 1 aliphatic heterocycles. The second kappa shape index (κ2) is 7.81. The molecule has 1 aromatic carbocycles. The molecule has 2 heterocycles. The first kappa shape index (κ1) is 17.0. The number of aromatic amines is 1. The number of likely N-dealkylation sites (tertiary alicyclic amines) is 1. The van der Waals surface area contributed by atoms with Crippen LogP contribution in [0.3, 0.4) is 0 Å². The van der Waals surface area contributed by atoms with Gasteiger partial charge in [-0.15, -0.1) is 0 Å². The Morgan fingerprint density at radius 3 is 3.08 bits per heavy atom. The lowest BCUT2D eigenvalue weighted by atomic mass is 10.1. The van der Waals surface area contributed by atoms with E-state index in [1.165, 1.54) is 0 Å². The summed E-state index contributed by atoms with van der Waals surface area (Å²) in [5, 5.41) is 0.687. The third kappa shape index (κ3) is 3.62. The number of nitrogens with one attached hydrogen (secondary N) is 1. The van der Waals surface area contributed by atoms with E-state index in [9.17, 15) is 4.79 Å². The Hall–Kier alpha value is -1.85. The van der Waals surface area contributed by atoms with Gasteiger partial charge in [-0.3, -0.25) is 4.79 Å². The van der Waals surface area contributed by atoms with Crippen molar-refractivity contribution in [2.45, 2.75) is 31.7 Å². The maximum atomic E-state index is 12.4. The van der Waals surface area contributed by atoms with Crippen molar-refractivity contribution in [1.82, 2.24) is 14.9 Å². The molecule has 0 spiro atoms. The molecule has 1 N–H and O–H groups in total. The molecule has 1 aliphatic rings. The molecule has 0 saturated carbocycles. The number of imidazole rings is 1. The number of ether oxygens (including phenoxy) is 1. The van der Waals surface area contributed by atoms with Crippen LogP contribution < -0.4 is 0 Å². The number of hydrogen-bond donors (Lipinski definition) is 1. The number of carbonyl (C=O) groups excluding carboxylic acids is 1. The molecule has 3 rings (SSSR count). The van der Waals surface area contributed by atoms with Crippen LogP contribution >= 0.6 is 11.6 Å². The summed E-state index contributed by atoms with van der Waals surface area (Å²) in [6, 6.07) is 7.69. The van der Waals surface area contributed by atoms with E-state index >= 15 is 0 Å². The van der Waals surface area contributed by atoms with E-state index in [4.69, 9.17) is 16.3 Å². The highest BCUT2D eigenvalue weighted by atomic mass is 35.5. The van der Waals surface area contributed by atoms with E-state index in [1.54, 1.807) is 13.3 Å². The van der Waals surface area contributed by atoms with E-state index < -0.39 is 0 Å². The Kier molecular flexibility index (Phi) is 5.53. The second-order valence-electron chi connectivity index (χ2n) is 6.00. The van der Waals surface area contributed by atoms with E-state index in [1.807, 2.05) is 29.2 Å². The molecular formula is C18H22ClN3O2. The Morgan fingerprint density at radius 2 is 2.29 bits per heavy atom. The number of H-pyrrole nitrogens is 1. The van der Waals surface area contributed by atoms with Crippen molar-refractivity contribution in [1.29, 1.82) is 0 Å². The molecule has 1 aromatic heterocycles. The lowest BCUT2D eigenvalue weighted by molar-refractivity contribution is -0.132. The van der Waals surface area contributed by atoms with Gasteiger partial charge in [-0.05, 0) is 25.3 Å². The van der Waals surface area contributed by atoms with Gasteiger partial charge in [0.25, 0.3) is 0 Å². The van der Waals surface area contributed by atoms with Gasteiger partial charge in [0.2, 0.25) is 5.91 Å². The van der Waals surface area contributed by atoms with Crippen molar-refractivity contribution in [3.63, 3.8) is 0 Å². The highest BCUT2D eigenvalue weighted by Crippen LogP contribution is 2.33. The van der Waals surface area contributed by atoms with Crippen LogP contribution in [0.4, 0.5) is 0 Å². The maximum Gasteiger partial charge on any atom is 0.223 e. The number of nitrogens with zero attached hydrogens (tertiary/aromatic N) is 2. The minimum atomic E-state index is 0.0243. The summed E-state index contributed by atoms with van der Waals surface area (Å²) in [5.74, 6) is 1.01. The molecule has 2 aromatic rings. The molecule has 128 valence electrons. The molecule has 5 nitrogen and oxygen atoms in total. The minimum Gasteiger partial charge on any atom is -0.385 e. The van der Waals surface area contributed by atoms with Crippen molar-refractivity contribution in [2.75, 3.05) is 20.3 Å². The SMILES string of the molecule is COCCCC(=O)N1CCC[C@@H]1c1ncc(-c2ccccc2Cl)[nH]1. The zero-order chi connectivity index (χ0) is 16.9. The molecule has 6 heteroatoms. The number of methoxy groups -OCH3 is 1. The fourth-order valence-electron chi connectivity index (χ4n) is 3.18. The van der Waals surface area contributed by atoms with E-state index in [2.05, 4.69) is 9.97 Å². The van der Waals surface area contributed by atoms with Crippen molar-refractivity contribution in [3.05, 3.63) is 41.3 Å². The van der Waals surface area contributed by atoms with Crippen LogP contribution in [0.5, 0.6) is 0 Å². The monoisotopic (exact) mass is 347 g/mol. The van der Waals surface area contributed by atoms with Gasteiger partial charge in [0.1, 0.15) is 5.82 Å². The van der Waals surface area contributed by atoms with Crippen molar-refractivity contribution >= 4 is 17.5 Å². The number of carbonyl (C=O) groups is 1. The van der Waals surface area contributed by atoms with Crippen LogP contribution in [0.1, 0.15) is 37.5 Å². The highest BCUT2D eigenvalue weighted by Gasteiger charge is 2.31. The fraction of sp³-hybridized carbons (Fsp3) is 0.444. The molecule has 0 bridgehead atoms. The standard InChI is InChI=1S/C18H22ClN3O2/c1-24-11-5-9-17(23)22-10-4-8-16(22)18-20-12-15(21-18)13-6-2-3-7-14(13)19/h2-3,6-7,12,16H,4-5,8-11H2,1H3,(H,20,21)/t16-/m1/s1. The normalized spacial score (nSPS) is 17.4. The van der Waals surface area contributed by atoms with Gasteiger partial charge in [0, 0.05) is 37.3 Å². The maximum absolute atomic E-state index is 12.4. The first-order valence-electron chi connectivity index (χ1n) is 8.29. The van der Waals surface area contributed by atoms with E-state index in [0.717, 1.165) is 42.9 Å². The van der Waals surface area contributed by atoms with Gasteiger partial charge in [-0.2, -0.15) is 0 Å². The Bertz CT molecular complexity index is 701. The van der Waals surface area contributed by atoms with Gasteiger partial charge < -0.3 is 14.6 Å². The average molecular weight is 348 g/mol. The summed E-state index contributed by atoms with van der Waals surface area (Å²) in [4.78, 5) is 22.2. The smallest absolute Gasteiger partial charge is 0.223 e. The molecule has 1 saturated heterocycles. The largest absolute Gasteiger partial charge is 0.385 e. The van der Waals surface area contributed by atoms with E-state index in [0.29, 0.717) is 18.1 Å². The zero-order valence-corrected chi connectivity index (χ0v) is 14.6. The second-order valence-corrected chi connectivity index (χ2v) is 6.41. The van der Waals surface area contributed by atoms with Crippen LogP contribution in [0.15, 0.2) is 30.5 Å². The first-order chi connectivity index (χ1) is 11.7. The third-order valence-corrected chi connectivity index (χ3v) is 4.72. The molecule has 24 heavy (non-hydrogen) atoms. The number of hydrogen-bond acceptors (Lipinski definition) is 3. The zero-order valence-electron chi connectivity index (χ0n) is 13.8. The molecule has 0 unspecified atom stereocenters. The van der Waals surface area contributed by atoms with Crippen LogP contribution in [0.2, 0.25) is 5.02 Å². The van der Waals surface area contributed by atoms with Crippen LogP contribution in [-0.2, 0) is 9.53 Å². The summed E-state index contributed by atoms with van der Waals surface area (Å²) in [5.41, 5.74) is 1.81. The summed E-state index contributed by atoms with van der Waals surface area (Å²) >= 11 is 6.25. The van der Waals surface area contributed by atoms with Gasteiger partial charge in [-0.1, -0.05) is 29.8 Å². The number of rotatable bonds is 6. The number of halogens is 1. The van der Waals surface area contributed by atoms with Gasteiger partial charge in [-0.25, -0.2) is 4.98 Å². The summed E-state index contributed by atoms with van der Waals surface area (Å²) < 4.78 is 5.03. The molecule has 0 aliphatic carbocycles. The Morgan fingerprint density at radius 1 is 1.46 bits per heavy atom. The number of aromatic nitrogens is 2. The highest BCUT2D eigenvalue weighted by molar-refractivity contribution is 6.33. The Labute approximate surface area is 147 Å². The van der Waals surface area contributed by atoms with Crippen LogP contribution in [0, 0.1) is 0 Å². The summed E-state index contributed by atoms with van der Waals surface area (Å²) in [6.07, 6.45) is 5.00. The quantitative estimate of drug-likeness (QED) is 0.808. The number of amides is 1. The lowest BCUT2D eigenvalue weighted by Gasteiger charge is -2.23. The van der Waals surface area contributed by atoms with Crippen molar-refractivity contribution in [2.24, 2.45) is 0 Å². The topological polar surface area (TPSA) is 58.2 Å². The van der Waals surface area contributed by atoms with Crippen LogP contribution in [0.25, 0.3) is 11.3 Å². The first-order valence-corrected chi connectivity index (χ1v) is 8.66. The molecule has 1 amide bonds. The van der Waals surface area contributed by atoms with Gasteiger partial charge in [0.05, 0.1) is 17.9 Å². The third-order valence-electron chi connectivity index (χ3n) is 4.39. The van der Waals surface area contributed by atoms with Crippen molar-refractivity contribution in [3.8, 4) is 11.3 Å². The predicted octanol–water partition coefficient (Wildman–Crippen LogP) is 3.82. The molecule has 1 fully saturated rings. The summed E-state index contributed by atoms with van der Waals surface area (Å²) in [6.45, 7) is 1.40. The molecule has 1 atom stereocenters. The van der Waals surface area contributed by atoms with E-state index in [-0.39, 0.29) is 11.9 Å². The lowest BCUT2D eigenvalue weighted by Crippen LogP contribution is -2.31. The molecule has 0 radical (unpaired) electrons. The minimum absolute atomic E-state index is 0.0243. The predicted molar refractivity (Wildman–Crippen MR) is 93.8 cm³/mol. The Balaban J connectivity index is 1.74. The number of benzene rings is 1. The average Bonchev–Trinajstić information content (AvgIpc) is 3.24. The van der Waals surface area contributed by atoms with Crippen LogP contribution in [-0.4, -0.2) is 41.0 Å². The van der Waals surface area contributed by atoms with Gasteiger partial charge in [0.15, 0.2) is 0 Å². The summed E-state index contributed by atoms with van der Waals surface area (Å²) in [7, 11) is 1.65.